The summed E-state index contributed by atoms with van der Waals surface area (Å²) in [5.41, 5.74) is 3.31. The van der Waals surface area contributed by atoms with Crippen LogP contribution in [-0.4, -0.2) is 31.7 Å². The van der Waals surface area contributed by atoms with Crippen LogP contribution in [-0.2, 0) is 13.1 Å². The molecule has 1 heterocycles. The fourth-order valence-electron chi connectivity index (χ4n) is 2.76. The zero-order valence-electron chi connectivity index (χ0n) is 16.3. The SMILES string of the molecule is CN=C(NCc1ccc(C)cc1OCC1CC1)NCc1cccnc1OC. The second-order valence-electron chi connectivity index (χ2n) is 6.82. The molecule has 0 aliphatic heterocycles. The summed E-state index contributed by atoms with van der Waals surface area (Å²) >= 11 is 0. The van der Waals surface area contributed by atoms with Gasteiger partial charge < -0.3 is 20.1 Å². The van der Waals surface area contributed by atoms with Crippen molar-refractivity contribution in [2.45, 2.75) is 32.9 Å². The lowest BCUT2D eigenvalue weighted by molar-refractivity contribution is 0.296. The van der Waals surface area contributed by atoms with E-state index in [1.807, 2.05) is 12.1 Å². The van der Waals surface area contributed by atoms with E-state index in [-0.39, 0.29) is 0 Å². The third kappa shape index (κ3) is 5.61. The van der Waals surface area contributed by atoms with Gasteiger partial charge in [0.15, 0.2) is 5.96 Å². The minimum Gasteiger partial charge on any atom is -0.493 e. The van der Waals surface area contributed by atoms with Crippen molar-refractivity contribution in [2.24, 2.45) is 10.9 Å². The number of aromatic nitrogens is 1. The van der Waals surface area contributed by atoms with Crippen LogP contribution in [0, 0.1) is 12.8 Å². The van der Waals surface area contributed by atoms with Crippen molar-refractivity contribution in [3.63, 3.8) is 0 Å². The summed E-state index contributed by atoms with van der Waals surface area (Å²) in [4.78, 5) is 8.51. The van der Waals surface area contributed by atoms with Gasteiger partial charge in [-0.05, 0) is 43.4 Å². The monoisotopic (exact) mass is 368 g/mol. The van der Waals surface area contributed by atoms with Crippen molar-refractivity contribution in [3.05, 3.63) is 53.2 Å². The highest BCUT2D eigenvalue weighted by Crippen LogP contribution is 2.30. The van der Waals surface area contributed by atoms with Crippen molar-refractivity contribution >= 4 is 5.96 Å². The first kappa shape index (κ1) is 19.0. The predicted molar refractivity (Wildman–Crippen MR) is 107 cm³/mol. The number of aryl methyl sites for hydroxylation is 1. The molecule has 0 amide bonds. The first-order chi connectivity index (χ1) is 13.2. The van der Waals surface area contributed by atoms with E-state index < -0.39 is 0 Å². The van der Waals surface area contributed by atoms with Gasteiger partial charge in [-0.1, -0.05) is 18.2 Å². The summed E-state index contributed by atoms with van der Waals surface area (Å²) in [5, 5.41) is 6.65. The van der Waals surface area contributed by atoms with E-state index >= 15 is 0 Å². The van der Waals surface area contributed by atoms with Gasteiger partial charge >= 0.3 is 0 Å². The quantitative estimate of drug-likeness (QED) is 0.554. The molecule has 27 heavy (non-hydrogen) atoms. The molecule has 1 aliphatic carbocycles. The van der Waals surface area contributed by atoms with Crippen molar-refractivity contribution in [1.29, 1.82) is 0 Å². The van der Waals surface area contributed by atoms with Crippen LogP contribution < -0.4 is 20.1 Å². The summed E-state index contributed by atoms with van der Waals surface area (Å²) in [5.74, 6) is 3.03. The lowest BCUT2D eigenvalue weighted by Gasteiger charge is -2.16. The van der Waals surface area contributed by atoms with Crippen LogP contribution in [0.5, 0.6) is 11.6 Å². The number of nitrogens with zero attached hydrogens (tertiary/aromatic N) is 2. The average Bonchev–Trinajstić information content (AvgIpc) is 3.52. The zero-order chi connectivity index (χ0) is 19.1. The number of benzene rings is 1. The van der Waals surface area contributed by atoms with E-state index in [0.29, 0.717) is 19.0 Å². The van der Waals surface area contributed by atoms with Crippen molar-refractivity contribution in [3.8, 4) is 11.6 Å². The molecule has 144 valence electrons. The average molecular weight is 368 g/mol. The number of hydrogen-bond acceptors (Lipinski definition) is 4. The highest BCUT2D eigenvalue weighted by molar-refractivity contribution is 5.79. The molecule has 0 bridgehead atoms. The molecule has 1 aliphatic rings. The summed E-state index contributed by atoms with van der Waals surface area (Å²) in [6, 6.07) is 10.2. The molecule has 1 saturated carbocycles. The zero-order valence-corrected chi connectivity index (χ0v) is 16.3. The Bertz CT molecular complexity index is 788. The number of pyridine rings is 1. The van der Waals surface area contributed by atoms with Crippen LogP contribution in [0.1, 0.15) is 29.5 Å². The molecule has 1 aromatic carbocycles. The summed E-state index contributed by atoms with van der Waals surface area (Å²) < 4.78 is 11.3. The highest BCUT2D eigenvalue weighted by Gasteiger charge is 2.22. The molecule has 2 aromatic rings. The summed E-state index contributed by atoms with van der Waals surface area (Å²) in [6.07, 6.45) is 4.29. The number of hydrogen-bond donors (Lipinski definition) is 2. The fraction of sp³-hybridized carbons (Fsp3) is 0.429. The van der Waals surface area contributed by atoms with Crippen LogP contribution in [0.25, 0.3) is 0 Å². The lowest BCUT2D eigenvalue weighted by Crippen LogP contribution is -2.36. The molecule has 1 aromatic heterocycles. The summed E-state index contributed by atoms with van der Waals surface area (Å²) in [7, 11) is 3.38. The van der Waals surface area contributed by atoms with E-state index in [9.17, 15) is 0 Å². The lowest BCUT2D eigenvalue weighted by atomic mass is 10.1. The molecule has 0 spiro atoms. The molecule has 0 saturated heterocycles. The highest BCUT2D eigenvalue weighted by atomic mass is 16.5. The number of nitrogens with one attached hydrogen (secondary N) is 2. The first-order valence-electron chi connectivity index (χ1n) is 9.34. The Morgan fingerprint density at radius 3 is 2.67 bits per heavy atom. The third-order valence-electron chi connectivity index (χ3n) is 4.55. The molecule has 0 radical (unpaired) electrons. The van der Waals surface area contributed by atoms with Gasteiger partial charge in [0.05, 0.1) is 13.7 Å². The van der Waals surface area contributed by atoms with Gasteiger partial charge in [-0.25, -0.2) is 4.98 Å². The Labute approximate surface area is 161 Å². The maximum absolute atomic E-state index is 6.04. The molecule has 6 nitrogen and oxygen atoms in total. The first-order valence-corrected chi connectivity index (χ1v) is 9.34. The van der Waals surface area contributed by atoms with Crippen LogP contribution in [0.15, 0.2) is 41.5 Å². The van der Waals surface area contributed by atoms with Gasteiger partial charge in [-0.15, -0.1) is 0 Å². The van der Waals surface area contributed by atoms with Crippen molar-refractivity contribution in [2.75, 3.05) is 20.8 Å². The largest absolute Gasteiger partial charge is 0.493 e. The van der Waals surface area contributed by atoms with Crippen LogP contribution in [0.3, 0.4) is 0 Å². The Morgan fingerprint density at radius 2 is 1.96 bits per heavy atom. The summed E-state index contributed by atoms with van der Waals surface area (Å²) in [6.45, 7) is 4.12. The van der Waals surface area contributed by atoms with Gasteiger partial charge in [-0.3, -0.25) is 4.99 Å². The van der Waals surface area contributed by atoms with E-state index in [1.54, 1.807) is 20.4 Å². The minimum absolute atomic E-state index is 0.579. The standard InChI is InChI=1S/C21H28N4O2/c1-15-6-9-17(19(11-15)27-14-16-7-8-16)12-24-21(22-2)25-13-18-5-4-10-23-20(18)26-3/h4-6,9-11,16H,7-8,12-14H2,1-3H3,(H2,22,24,25). The molecular weight excluding hydrogens is 340 g/mol. The molecule has 3 rings (SSSR count). The van der Waals surface area contributed by atoms with Gasteiger partial charge in [0.1, 0.15) is 5.75 Å². The molecule has 0 atom stereocenters. The van der Waals surface area contributed by atoms with E-state index in [2.05, 4.69) is 45.7 Å². The van der Waals surface area contributed by atoms with Gasteiger partial charge in [0.2, 0.25) is 5.88 Å². The van der Waals surface area contributed by atoms with Crippen molar-refractivity contribution < 1.29 is 9.47 Å². The molecule has 0 unspecified atom stereocenters. The second kappa shape index (κ2) is 9.26. The second-order valence-corrected chi connectivity index (χ2v) is 6.82. The minimum atomic E-state index is 0.579. The van der Waals surface area contributed by atoms with E-state index in [1.165, 1.54) is 18.4 Å². The Hall–Kier alpha value is -2.76. The van der Waals surface area contributed by atoms with Crippen LogP contribution in [0.4, 0.5) is 0 Å². The van der Waals surface area contributed by atoms with Crippen molar-refractivity contribution in [1.82, 2.24) is 15.6 Å². The molecule has 2 N–H and O–H groups in total. The maximum Gasteiger partial charge on any atom is 0.218 e. The van der Waals surface area contributed by atoms with Gasteiger partial charge in [0.25, 0.3) is 0 Å². The van der Waals surface area contributed by atoms with Gasteiger partial charge in [-0.2, -0.15) is 0 Å². The van der Waals surface area contributed by atoms with Crippen LogP contribution in [0.2, 0.25) is 0 Å². The Balaban J connectivity index is 1.57. The third-order valence-corrected chi connectivity index (χ3v) is 4.55. The smallest absolute Gasteiger partial charge is 0.218 e. The Kier molecular flexibility index (Phi) is 6.52. The molecule has 1 fully saturated rings. The maximum atomic E-state index is 6.04. The Morgan fingerprint density at radius 1 is 1.19 bits per heavy atom. The van der Waals surface area contributed by atoms with E-state index in [0.717, 1.165) is 35.4 Å². The number of rotatable bonds is 8. The molecular formula is C21H28N4O2. The number of aliphatic imine (C=N–C) groups is 1. The predicted octanol–water partition coefficient (Wildman–Crippen LogP) is 3.05. The van der Waals surface area contributed by atoms with Crippen LogP contribution >= 0.6 is 0 Å². The van der Waals surface area contributed by atoms with E-state index in [4.69, 9.17) is 9.47 Å². The fourth-order valence-corrected chi connectivity index (χ4v) is 2.76. The topological polar surface area (TPSA) is 67.8 Å². The van der Waals surface area contributed by atoms with Gasteiger partial charge in [0, 0.05) is 37.5 Å². The number of guanidine groups is 1. The number of methoxy groups -OCH3 is 1. The normalized spacial score (nSPS) is 14.0. The number of ether oxygens (including phenoxy) is 2. The molecule has 6 heteroatoms.